The molecule has 1 heterocycles. The molecule has 0 saturated carbocycles. The Morgan fingerprint density at radius 2 is 1.84 bits per heavy atom. The van der Waals surface area contributed by atoms with E-state index < -0.39 is 11.9 Å². The summed E-state index contributed by atoms with van der Waals surface area (Å²) in [5.41, 5.74) is 5.91. The van der Waals surface area contributed by atoms with Crippen LogP contribution in [-0.2, 0) is 19.3 Å². The first-order valence-electron chi connectivity index (χ1n) is 5.67. The van der Waals surface area contributed by atoms with Crippen LogP contribution >= 0.6 is 0 Å². The summed E-state index contributed by atoms with van der Waals surface area (Å²) >= 11 is 0. The molecule has 0 radical (unpaired) electrons. The fraction of sp³-hybridized carbons (Fsp3) is 0.333. The average Bonchev–Trinajstić information content (AvgIpc) is 2.75. The van der Waals surface area contributed by atoms with Crippen molar-refractivity contribution >= 4 is 0 Å². The van der Waals surface area contributed by atoms with Gasteiger partial charge in [0.15, 0.2) is 5.69 Å². The maximum Gasteiger partial charge on any atom is 0.434 e. The molecule has 4 nitrogen and oxygen atoms in total. The molecule has 1 aromatic carbocycles. The lowest BCUT2D eigenvalue weighted by Gasteiger charge is -2.10. The van der Waals surface area contributed by atoms with Gasteiger partial charge in [-0.15, -0.1) is 5.10 Å². The lowest BCUT2D eigenvalue weighted by atomic mass is 10.1. The van der Waals surface area contributed by atoms with Gasteiger partial charge in [-0.2, -0.15) is 13.2 Å². The zero-order valence-corrected chi connectivity index (χ0v) is 10.3. The monoisotopic (exact) mass is 270 g/mol. The molecule has 1 aromatic heterocycles. The minimum Gasteiger partial charge on any atom is -0.325 e. The molecule has 19 heavy (non-hydrogen) atoms. The number of alkyl halides is 3. The number of hydrogen-bond acceptors (Lipinski definition) is 3. The van der Waals surface area contributed by atoms with E-state index in [-0.39, 0.29) is 18.8 Å². The van der Waals surface area contributed by atoms with Gasteiger partial charge in [-0.25, -0.2) is 4.68 Å². The Bertz CT molecular complexity index is 557. The van der Waals surface area contributed by atoms with E-state index >= 15 is 0 Å². The summed E-state index contributed by atoms with van der Waals surface area (Å²) in [4.78, 5) is 0. The minimum atomic E-state index is -4.51. The number of aryl methyl sites for hydroxylation is 1. The number of nitrogens with two attached hydrogens (primary N) is 1. The molecule has 0 bridgehead atoms. The normalized spacial score (nSPS) is 11.8. The van der Waals surface area contributed by atoms with Crippen LogP contribution in [-0.4, -0.2) is 15.0 Å². The molecule has 102 valence electrons. The van der Waals surface area contributed by atoms with Gasteiger partial charge in [-0.3, -0.25) is 0 Å². The summed E-state index contributed by atoms with van der Waals surface area (Å²) in [6, 6.07) is 7.20. The number of benzene rings is 1. The van der Waals surface area contributed by atoms with Crippen LogP contribution in [0.4, 0.5) is 13.2 Å². The van der Waals surface area contributed by atoms with Crippen molar-refractivity contribution in [2.75, 3.05) is 0 Å². The van der Waals surface area contributed by atoms with Crippen LogP contribution < -0.4 is 5.73 Å². The van der Waals surface area contributed by atoms with Gasteiger partial charge in [0.05, 0.1) is 6.54 Å². The molecule has 0 fully saturated rings. The highest BCUT2D eigenvalue weighted by atomic mass is 19.4. The van der Waals surface area contributed by atoms with Gasteiger partial charge < -0.3 is 5.73 Å². The number of rotatable bonds is 3. The zero-order valence-electron chi connectivity index (χ0n) is 10.3. The Balaban J connectivity index is 2.35. The Morgan fingerprint density at radius 1 is 1.21 bits per heavy atom. The number of nitrogens with zero attached hydrogens (tertiary/aromatic N) is 3. The van der Waals surface area contributed by atoms with Crippen LogP contribution in [0, 0.1) is 6.92 Å². The molecular weight excluding hydrogens is 257 g/mol. The summed E-state index contributed by atoms with van der Waals surface area (Å²) in [6.45, 7) is 1.64. The third-order valence-corrected chi connectivity index (χ3v) is 2.72. The van der Waals surface area contributed by atoms with Crippen molar-refractivity contribution in [1.29, 1.82) is 0 Å². The first-order valence-corrected chi connectivity index (χ1v) is 5.67. The van der Waals surface area contributed by atoms with E-state index in [0.29, 0.717) is 0 Å². The average molecular weight is 270 g/mol. The first kappa shape index (κ1) is 13.5. The van der Waals surface area contributed by atoms with Crippen LogP contribution in [0.1, 0.15) is 22.5 Å². The molecule has 0 aliphatic rings. The van der Waals surface area contributed by atoms with E-state index in [1.807, 2.05) is 19.1 Å². The highest BCUT2D eigenvalue weighted by Crippen LogP contribution is 2.31. The Kier molecular flexibility index (Phi) is 3.57. The van der Waals surface area contributed by atoms with Gasteiger partial charge in [0, 0.05) is 6.54 Å². The van der Waals surface area contributed by atoms with Gasteiger partial charge >= 0.3 is 6.18 Å². The number of hydrogen-bond donors (Lipinski definition) is 1. The summed E-state index contributed by atoms with van der Waals surface area (Å²) in [5.74, 6) is 0. The fourth-order valence-electron chi connectivity index (χ4n) is 1.77. The van der Waals surface area contributed by atoms with Crippen LogP contribution in [0.2, 0.25) is 0 Å². The second-order valence-corrected chi connectivity index (χ2v) is 4.23. The molecule has 0 amide bonds. The van der Waals surface area contributed by atoms with E-state index in [9.17, 15) is 13.2 Å². The molecule has 0 saturated heterocycles. The van der Waals surface area contributed by atoms with Crippen LogP contribution in [0.15, 0.2) is 24.3 Å². The molecule has 0 unspecified atom stereocenters. The summed E-state index contributed by atoms with van der Waals surface area (Å²) in [7, 11) is 0. The van der Waals surface area contributed by atoms with Crippen LogP contribution in [0.5, 0.6) is 0 Å². The Hall–Kier alpha value is -1.89. The van der Waals surface area contributed by atoms with Crippen LogP contribution in [0.3, 0.4) is 0 Å². The quantitative estimate of drug-likeness (QED) is 0.929. The van der Waals surface area contributed by atoms with E-state index in [1.54, 1.807) is 12.1 Å². The van der Waals surface area contributed by atoms with Crippen molar-refractivity contribution < 1.29 is 13.2 Å². The molecule has 0 atom stereocenters. The second kappa shape index (κ2) is 5.00. The minimum absolute atomic E-state index is 0.0160. The zero-order chi connectivity index (χ0) is 14.0. The second-order valence-electron chi connectivity index (χ2n) is 4.23. The van der Waals surface area contributed by atoms with Crippen molar-refractivity contribution in [3.63, 3.8) is 0 Å². The third kappa shape index (κ3) is 2.93. The van der Waals surface area contributed by atoms with Gasteiger partial charge in [0.2, 0.25) is 0 Å². The summed E-state index contributed by atoms with van der Waals surface area (Å²) in [6.07, 6.45) is -4.51. The highest BCUT2D eigenvalue weighted by Gasteiger charge is 2.38. The largest absolute Gasteiger partial charge is 0.434 e. The van der Waals surface area contributed by atoms with E-state index in [2.05, 4.69) is 10.3 Å². The number of halogens is 3. The molecular formula is C12H13F3N4. The Morgan fingerprint density at radius 3 is 2.37 bits per heavy atom. The Labute approximate surface area is 108 Å². The predicted molar refractivity (Wildman–Crippen MR) is 63.2 cm³/mol. The SMILES string of the molecule is Cc1ccc(Cn2nnc(CN)c2C(F)(F)F)cc1. The lowest BCUT2D eigenvalue weighted by Crippen LogP contribution is -2.18. The third-order valence-electron chi connectivity index (χ3n) is 2.72. The molecule has 2 rings (SSSR count). The maximum absolute atomic E-state index is 12.9. The van der Waals surface area contributed by atoms with E-state index in [0.717, 1.165) is 15.8 Å². The van der Waals surface area contributed by atoms with Crippen molar-refractivity contribution in [1.82, 2.24) is 15.0 Å². The standard InChI is InChI=1S/C12H13F3N4/c1-8-2-4-9(5-3-8)7-19-11(12(13,14)15)10(6-16)17-18-19/h2-5H,6-7,16H2,1H3. The van der Waals surface area contributed by atoms with Gasteiger partial charge in [0.1, 0.15) is 5.69 Å². The van der Waals surface area contributed by atoms with Crippen molar-refractivity contribution in [2.45, 2.75) is 26.2 Å². The van der Waals surface area contributed by atoms with Crippen molar-refractivity contribution in [3.05, 3.63) is 46.8 Å². The molecule has 0 aliphatic heterocycles. The van der Waals surface area contributed by atoms with Crippen molar-refractivity contribution in [2.24, 2.45) is 5.73 Å². The van der Waals surface area contributed by atoms with E-state index in [4.69, 9.17) is 5.73 Å². The van der Waals surface area contributed by atoms with Gasteiger partial charge in [-0.1, -0.05) is 35.0 Å². The highest BCUT2D eigenvalue weighted by molar-refractivity contribution is 5.23. The molecule has 0 spiro atoms. The molecule has 7 heteroatoms. The van der Waals surface area contributed by atoms with Crippen molar-refractivity contribution in [3.8, 4) is 0 Å². The van der Waals surface area contributed by atoms with Crippen LogP contribution in [0.25, 0.3) is 0 Å². The molecule has 2 N–H and O–H groups in total. The number of aromatic nitrogens is 3. The molecule has 0 aliphatic carbocycles. The van der Waals surface area contributed by atoms with Gasteiger partial charge in [-0.05, 0) is 12.5 Å². The first-order chi connectivity index (χ1) is 8.91. The topological polar surface area (TPSA) is 56.7 Å². The van der Waals surface area contributed by atoms with E-state index in [1.165, 1.54) is 0 Å². The fourth-order valence-corrected chi connectivity index (χ4v) is 1.77. The predicted octanol–water partition coefficient (Wildman–Crippen LogP) is 2.11. The summed E-state index contributed by atoms with van der Waals surface area (Å²) < 4.78 is 39.7. The molecule has 2 aromatic rings. The summed E-state index contributed by atoms with van der Waals surface area (Å²) in [5, 5.41) is 7.02. The lowest BCUT2D eigenvalue weighted by molar-refractivity contribution is -0.144. The smallest absolute Gasteiger partial charge is 0.325 e. The van der Waals surface area contributed by atoms with Gasteiger partial charge in [0.25, 0.3) is 0 Å². The maximum atomic E-state index is 12.9.